The number of carbonyl (C=O) groups is 3. The van der Waals surface area contributed by atoms with Crippen molar-refractivity contribution < 1.29 is 28.6 Å². The van der Waals surface area contributed by atoms with Crippen LogP contribution in [-0.2, 0) is 28.6 Å². The van der Waals surface area contributed by atoms with Crippen molar-refractivity contribution in [1.29, 1.82) is 0 Å². The Bertz CT molecular complexity index is 857. The molecule has 0 heterocycles. The molecule has 0 rings (SSSR count). The van der Waals surface area contributed by atoms with Crippen LogP contribution in [0.3, 0.4) is 0 Å². The standard InChI is InChI=1S/C51H98O6/c1-5-7-9-11-13-15-17-19-20-22-28-32-36-40-44-51(54)57-48(45-55-49(52)42-38-34-30-26-21-18-16-14-12-10-8-6-2)46-56-50(53)43-39-35-31-27-24-23-25-29-33-37-41-47(3)4/h47-48H,5-46H2,1-4H3/t48-/m0/s1. The van der Waals surface area contributed by atoms with Crippen LogP contribution in [0, 0.1) is 5.92 Å². The topological polar surface area (TPSA) is 78.9 Å². The van der Waals surface area contributed by atoms with Crippen LogP contribution < -0.4 is 0 Å². The van der Waals surface area contributed by atoms with Gasteiger partial charge in [0.2, 0.25) is 0 Å². The van der Waals surface area contributed by atoms with Gasteiger partial charge in [-0.3, -0.25) is 14.4 Å². The van der Waals surface area contributed by atoms with Crippen molar-refractivity contribution in [2.24, 2.45) is 5.92 Å². The normalized spacial score (nSPS) is 11.9. The molecule has 0 aliphatic rings. The first-order valence-electron chi connectivity index (χ1n) is 25.4. The maximum absolute atomic E-state index is 12.8. The van der Waals surface area contributed by atoms with Crippen molar-refractivity contribution in [2.45, 2.75) is 291 Å². The summed E-state index contributed by atoms with van der Waals surface area (Å²) < 4.78 is 16.8. The van der Waals surface area contributed by atoms with Gasteiger partial charge in [-0.15, -0.1) is 0 Å². The average molecular weight is 807 g/mol. The molecule has 0 unspecified atom stereocenters. The summed E-state index contributed by atoms with van der Waals surface area (Å²) in [5.74, 6) is -0.0273. The van der Waals surface area contributed by atoms with E-state index in [4.69, 9.17) is 14.2 Å². The van der Waals surface area contributed by atoms with Crippen molar-refractivity contribution in [1.82, 2.24) is 0 Å². The number of hydrogen-bond donors (Lipinski definition) is 0. The summed E-state index contributed by atoms with van der Waals surface area (Å²) >= 11 is 0. The van der Waals surface area contributed by atoms with Gasteiger partial charge in [-0.1, -0.05) is 246 Å². The largest absolute Gasteiger partial charge is 0.462 e. The molecule has 0 N–H and O–H groups in total. The first kappa shape index (κ1) is 55.4. The number of esters is 3. The molecule has 0 aromatic rings. The summed E-state index contributed by atoms with van der Waals surface area (Å²) in [5, 5.41) is 0. The SMILES string of the molecule is CCCCCCCCCCCCCCCCC(=O)O[C@@H](COC(=O)CCCCCCCCCCCCCC)COC(=O)CCCCCCCCCCCCC(C)C. The quantitative estimate of drug-likeness (QED) is 0.0346. The van der Waals surface area contributed by atoms with Crippen molar-refractivity contribution in [2.75, 3.05) is 13.2 Å². The zero-order chi connectivity index (χ0) is 41.7. The Morgan fingerprint density at radius 2 is 0.579 bits per heavy atom. The second-order valence-electron chi connectivity index (χ2n) is 17.9. The average Bonchev–Trinajstić information content (AvgIpc) is 3.19. The second kappa shape index (κ2) is 45.5. The van der Waals surface area contributed by atoms with Crippen molar-refractivity contribution in [3.63, 3.8) is 0 Å². The highest BCUT2D eigenvalue weighted by atomic mass is 16.6. The van der Waals surface area contributed by atoms with Crippen LogP contribution >= 0.6 is 0 Å². The van der Waals surface area contributed by atoms with Gasteiger partial charge >= 0.3 is 17.9 Å². The van der Waals surface area contributed by atoms with Crippen molar-refractivity contribution in [3.8, 4) is 0 Å². The molecular formula is C51H98O6. The lowest BCUT2D eigenvalue weighted by Crippen LogP contribution is -2.30. The van der Waals surface area contributed by atoms with Gasteiger partial charge in [-0.25, -0.2) is 0 Å². The Balaban J connectivity index is 4.32. The molecule has 1 atom stereocenters. The maximum atomic E-state index is 12.8. The van der Waals surface area contributed by atoms with E-state index in [1.165, 1.54) is 180 Å². The van der Waals surface area contributed by atoms with E-state index in [2.05, 4.69) is 27.7 Å². The molecule has 0 amide bonds. The third-order valence-electron chi connectivity index (χ3n) is 11.5. The third kappa shape index (κ3) is 45.3. The number of ether oxygens (including phenoxy) is 3. The fourth-order valence-electron chi connectivity index (χ4n) is 7.69. The Labute approximate surface area is 355 Å². The van der Waals surface area contributed by atoms with Crippen LogP contribution in [0.4, 0.5) is 0 Å². The van der Waals surface area contributed by atoms with Crippen LogP contribution in [0.2, 0.25) is 0 Å². The predicted molar refractivity (Wildman–Crippen MR) is 243 cm³/mol. The summed E-state index contributed by atoms with van der Waals surface area (Å²) in [6.45, 7) is 9.01. The predicted octanol–water partition coefficient (Wildman–Crippen LogP) is 16.3. The number of carbonyl (C=O) groups excluding carboxylic acids is 3. The molecule has 338 valence electrons. The molecule has 57 heavy (non-hydrogen) atoms. The smallest absolute Gasteiger partial charge is 0.306 e. The first-order valence-corrected chi connectivity index (χ1v) is 25.4. The van der Waals surface area contributed by atoms with E-state index in [-0.39, 0.29) is 31.1 Å². The van der Waals surface area contributed by atoms with Crippen LogP contribution in [0.25, 0.3) is 0 Å². The molecule has 0 radical (unpaired) electrons. The van der Waals surface area contributed by atoms with Gasteiger partial charge in [0.1, 0.15) is 13.2 Å². The number of rotatable bonds is 46. The molecule has 0 fully saturated rings. The maximum Gasteiger partial charge on any atom is 0.306 e. The lowest BCUT2D eigenvalue weighted by molar-refractivity contribution is -0.167. The van der Waals surface area contributed by atoms with E-state index < -0.39 is 6.10 Å². The molecule has 0 bridgehead atoms. The van der Waals surface area contributed by atoms with Crippen LogP contribution in [0.5, 0.6) is 0 Å². The van der Waals surface area contributed by atoms with Gasteiger partial charge in [0.25, 0.3) is 0 Å². The van der Waals surface area contributed by atoms with E-state index in [1.54, 1.807) is 0 Å². The van der Waals surface area contributed by atoms with Gasteiger partial charge in [-0.2, -0.15) is 0 Å². The van der Waals surface area contributed by atoms with Crippen LogP contribution in [-0.4, -0.2) is 37.2 Å². The highest BCUT2D eigenvalue weighted by Crippen LogP contribution is 2.17. The zero-order valence-electron chi connectivity index (χ0n) is 38.8. The lowest BCUT2D eigenvalue weighted by atomic mass is 10.0. The minimum Gasteiger partial charge on any atom is -0.462 e. The highest BCUT2D eigenvalue weighted by molar-refractivity contribution is 5.71. The monoisotopic (exact) mass is 807 g/mol. The van der Waals surface area contributed by atoms with Crippen molar-refractivity contribution in [3.05, 3.63) is 0 Å². The molecule has 6 nitrogen and oxygen atoms in total. The van der Waals surface area contributed by atoms with Crippen LogP contribution in [0.1, 0.15) is 285 Å². The molecule has 0 aliphatic carbocycles. The highest BCUT2D eigenvalue weighted by Gasteiger charge is 2.19. The minimum absolute atomic E-state index is 0.0629. The minimum atomic E-state index is -0.760. The molecule has 0 aliphatic heterocycles. The fourth-order valence-corrected chi connectivity index (χ4v) is 7.69. The van der Waals surface area contributed by atoms with Gasteiger partial charge in [-0.05, 0) is 25.2 Å². The van der Waals surface area contributed by atoms with E-state index in [0.717, 1.165) is 63.7 Å². The number of hydrogen-bond acceptors (Lipinski definition) is 6. The van der Waals surface area contributed by atoms with Gasteiger partial charge in [0, 0.05) is 19.3 Å². The van der Waals surface area contributed by atoms with Gasteiger partial charge in [0.05, 0.1) is 0 Å². The summed E-state index contributed by atoms with van der Waals surface area (Å²) in [7, 11) is 0. The molecule has 0 aromatic carbocycles. The van der Waals surface area contributed by atoms with E-state index in [9.17, 15) is 14.4 Å². The molecule has 0 aromatic heterocycles. The fraction of sp³-hybridized carbons (Fsp3) is 0.941. The lowest BCUT2D eigenvalue weighted by Gasteiger charge is -2.18. The summed E-state index contributed by atoms with van der Waals surface area (Å²) in [5.41, 5.74) is 0. The molecule has 0 saturated carbocycles. The van der Waals surface area contributed by atoms with E-state index in [1.807, 2.05) is 0 Å². The molecular weight excluding hydrogens is 709 g/mol. The summed E-state index contributed by atoms with van der Waals surface area (Å²) in [6, 6.07) is 0. The molecule has 0 saturated heterocycles. The Kier molecular flexibility index (Phi) is 44.2. The summed E-state index contributed by atoms with van der Waals surface area (Å²) in [6.07, 6.45) is 46.5. The van der Waals surface area contributed by atoms with E-state index >= 15 is 0 Å². The Hall–Kier alpha value is -1.59. The number of unbranched alkanes of at least 4 members (excludes halogenated alkanes) is 33. The second-order valence-corrected chi connectivity index (χ2v) is 17.9. The van der Waals surface area contributed by atoms with Gasteiger partial charge in [0.15, 0.2) is 6.10 Å². The Morgan fingerprint density at radius 1 is 0.333 bits per heavy atom. The zero-order valence-corrected chi connectivity index (χ0v) is 38.8. The molecule has 6 heteroatoms. The van der Waals surface area contributed by atoms with Crippen molar-refractivity contribution >= 4 is 17.9 Å². The summed E-state index contributed by atoms with van der Waals surface area (Å²) in [4.78, 5) is 37.9. The van der Waals surface area contributed by atoms with Gasteiger partial charge < -0.3 is 14.2 Å². The van der Waals surface area contributed by atoms with Crippen LogP contribution in [0.15, 0.2) is 0 Å². The first-order chi connectivity index (χ1) is 27.9. The molecule has 0 spiro atoms. The third-order valence-corrected chi connectivity index (χ3v) is 11.5. The Morgan fingerprint density at radius 3 is 0.860 bits per heavy atom. The van der Waals surface area contributed by atoms with E-state index in [0.29, 0.717) is 19.3 Å².